The molecule has 158 valence electrons. The van der Waals surface area contributed by atoms with Crippen LogP contribution < -0.4 is 5.32 Å². The SMILES string of the molecule is COCCSCC1=NN=C(c2ccc(C(=O)NCCN3CCCCC3)cc2)OC1. The lowest BCUT2D eigenvalue weighted by molar-refractivity contribution is 0.0946. The molecule has 7 nitrogen and oxygen atoms in total. The molecule has 1 amide bonds. The Bertz CT molecular complexity index is 715. The topological polar surface area (TPSA) is 75.5 Å². The molecule has 1 fully saturated rings. The molecule has 2 heterocycles. The van der Waals surface area contributed by atoms with Crippen LogP contribution in [0.15, 0.2) is 34.5 Å². The summed E-state index contributed by atoms with van der Waals surface area (Å²) >= 11 is 1.75. The number of carbonyl (C=O) groups excluding carboxylic acids is 1. The summed E-state index contributed by atoms with van der Waals surface area (Å²) in [6.45, 7) is 5.04. The molecule has 0 atom stereocenters. The summed E-state index contributed by atoms with van der Waals surface area (Å²) in [5.41, 5.74) is 2.38. The van der Waals surface area contributed by atoms with E-state index in [1.54, 1.807) is 31.0 Å². The third-order valence-electron chi connectivity index (χ3n) is 4.91. The van der Waals surface area contributed by atoms with E-state index in [9.17, 15) is 4.79 Å². The quantitative estimate of drug-likeness (QED) is 0.591. The third kappa shape index (κ3) is 7.13. The van der Waals surface area contributed by atoms with Crippen LogP contribution in [0.5, 0.6) is 0 Å². The Morgan fingerprint density at radius 3 is 2.69 bits per heavy atom. The van der Waals surface area contributed by atoms with Gasteiger partial charge in [-0.05, 0) is 50.2 Å². The number of rotatable bonds is 10. The predicted molar refractivity (Wildman–Crippen MR) is 118 cm³/mol. The normalized spacial score (nSPS) is 17.3. The first kappa shape index (κ1) is 21.8. The van der Waals surface area contributed by atoms with Crippen LogP contribution in [0, 0.1) is 0 Å². The highest BCUT2D eigenvalue weighted by molar-refractivity contribution is 7.99. The van der Waals surface area contributed by atoms with Crippen LogP contribution in [0.1, 0.15) is 35.2 Å². The number of carbonyl (C=O) groups is 1. The smallest absolute Gasteiger partial charge is 0.251 e. The Morgan fingerprint density at radius 1 is 1.21 bits per heavy atom. The first-order valence-corrected chi connectivity index (χ1v) is 11.4. The number of hydrogen-bond acceptors (Lipinski definition) is 7. The molecule has 2 aliphatic rings. The van der Waals surface area contributed by atoms with E-state index in [2.05, 4.69) is 20.4 Å². The number of methoxy groups -OCH3 is 1. The van der Waals surface area contributed by atoms with Gasteiger partial charge in [-0.25, -0.2) is 0 Å². The van der Waals surface area contributed by atoms with Gasteiger partial charge in [0, 0.05) is 42.8 Å². The molecule has 0 aromatic heterocycles. The molecule has 0 unspecified atom stereocenters. The molecule has 0 aliphatic carbocycles. The number of nitrogens with one attached hydrogen (secondary N) is 1. The van der Waals surface area contributed by atoms with Crippen molar-refractivity contribution in [3.05, 3.63) is 35.4 Å². The Hall–Kier alpha value is -1.90. The van der Waals surface area contributed by atoms with E-state index in [0.717, 1.165) is 49.0 Å². The summed E-state index contributed by atoms with van der Waals surface area (Å²) < 4.78 is 10.8. The molecule has 3 rings (SSSR count). The maximum absolute atomic E-state index is 12.3. The van der Waals surface area contributed by atoms with Crippen LogP contribution in [0.3, 0.4) is 0 Å². The van der Waals surface area contributed by atoms with Crippen LogP contribution in [0.2, 0.25) is 0 Å². The second-order valence-corrected chi connectivity index (χ2v) is 8.25. The van der Waals surface area contributed by atoms with Crippen LogP contribution in [0.4, 0.5) is 0 Å². The van der Waals surface area contributed by atoms with E-state index in [1.807, 2.05) is 12.1 Å². The van der Waals surface area contributed by atoms with Gasteiger partial charge in [0.05, 0.1) is 12.3 Å². The molecule has 1 saturated heterocycles. The van der Waals surface area contributed by atoms with Crippen molar-refractivity contribution in [1.29, 1.82) is 0 Å². The summed E-state index contributed by atoms with van der Waals surface area (Å²) in [6, 6.07) is 7.31. The summed E-state index contributed by atoms with van der Waals surface area (Å²) in [4.78, 5) is 14.8. The summed E-state index contributed by atoms with van der Waals surface area (Å²) in [7, 11) is 1.70. The number of thioether (sulfide) groups is 1. The number of amides is 1. The maximum atomic E-state index is 12.3. The standard InChI is InChI=1S/C21H30N4O3S/c1-27-13-14-29-16-19-15-28-21(24-23-19)18-7-5-17(6-8-18)20(26)22-9-12-25-10-3-2-4-11-25/h5-8H,2-4,9-16H2,1H3,(H,22,26). The fraction of sp³-hybridized carbons (Fsp3) is 0.571. The predicted octanol–water partition coefficient (Wildman–Crippen LogP) is 2.41. The highest BCUT2D eigenvalue weighted by Crippen LogP contribution is 2.12. The molecule has 0 spiro atoms. The molecule has 0 radical (unpaired) electrons. The number of likely N-dealkylation sites (tertiary alicyclic amines) is 1. The van der Waals surface area contributed by atoms with E-state index in [0.29, 0.717) is 24.6 Å². The second kappa shape index (κ2) is 11.9. The Balaban J connectivity index is 1.45. The molecule has 2 aliphatic heterocycles. The minimum atomic E-state index is -0.0477. The molecular formula is C21H30N4O3S. The van der Waals surface area contributed by atoms with Crippen LogP contribution in [-0.4, -0.2) is 80.4 Å². The second-order valence-electron chi connectivity index (χ2n) is 7.14. The Kier molecular flexibility index (Phi) is 8.98. The lowest BCUT2D eigenvalue weighted by Gasteiger charge is -2.26. The van der Waals surface area contributed by atoms with E-state index in [1.165, 1.54) is 19.3 Å². The summed E-state index contributed by atoms with van der Waals surface area (Å²) in [5.74, 6) is 2.16. The number of hydrogen-bond donors (Lipinski definition) is 1. The van der Waals surface area contributed by atoms with Gasteiger partial charge in [-0.15, -0.1) is 5.10 Å². The van der Waals surface area contributed by atoms with Crippen molar-refractivity contribution in [3.8, 4) is 0 Å². The fourth-order valence-electron chi connectivity index (χ4n) is 3.25. The average Bonchev–Trinajstić information content (AvgIpc) is 2.78. The largest absolute Gasteiger partial charge is 0.470 e. The molecule has 0 bridgehead atoms. The number of ether oxygens (including phenoxy) is 2. The van der Waals surface area contributed by atoms with Gasteiger partial charge < -0.3 is 19.7 Å². The summed E-state index contributed by atoms with van der Waals surface area (Å²) in [6.07, 6.45) is 3.85. The van der Waals surface area contributed by atoms with E-state index >= 15 is 0 Å². The van der Waals surface area contributed by atoms with Crippen molar-refractivity contribution in [2.45, 2.75) is 19.3 Å². The van der Waals surface area contributed by atoms with Gasteiger partial charge in [-0.3, -0.25) is 4.79 Å². The van der Waals surface area contributed by atoms with Gasteiger partial charge in [0.1, 0.15) is 6.61 Å². The summed E-state index contributed by atoms with van der Waals surface area (Å²) in [5, 5.41) is 11.5. The van der Waals surface area contributed by atoms with Crippen molar-refractivity contribution >= 4 is 29.3 Å². The molecule has 1 N–H and O–H groups in total. The minimum absolute atomic E-state index is 0.0477. The molecular weight excluding hydrogens is 388 g/mol. The van der Waals surface area contributed by atoms with Gasteiger partial charge in [0.2, 0.25) is 5.90 Å². The van der Waals surface area contributed by atoms with Gasteiger partial charge in [0.25, 0.3) is 5.91 Å². The molecule has 29 heavy (non-hydrogen) atoms. The van der Waals surface area contributed by atoms with Gasteiger partial charge in [-0.2, -0.15) is 16.9 Å². The van der Waals surface area contributed by atoms with Gasteiger partial charge in [0.15, 0.2) is 0 Å². The molecule has 0 saturated carbocycles. The number of nitrogens with zero attached hydrogens (tertiary/aromatic N) is 3. The van der Waals surface area contributed by atoms with Gasteiger partial charge >= 0.3 is 0 Å². The van der Waals surface area contributed by atoms with E-state index < -0.39 is 0 Å². The van der Waals surface area contributed by atoms with Crippen LogP contribution in [0.25, 0.3) is 0 Å². The average molecular weight is 419 g/mol. The van der Waals surface area contributed by atoms with Crippen molar-refractivity contribution in [3.63, 3.8) is 0 Å². The Morgan fingerprint density at radius 2 is 2.00 bits per heavy atom. The number of piperidine rings is 1. The van der Waals surface area contributed by atoms with Crippen LogP contribution >= 0.6 is 11.8 Å². The van der Waals surface area contributed by atoms with E-state index in [-0.39, 0.29) is 5.91 Å². The van der Waals surface area contributed by atoms with Crippen molar-refractivity contribution < 1.29 is 14.3 Å². The lowest BCUT2D eigenvalue weighted by Crippen LogP contribution is -2.37. The minimum Gasteiger partial charge on any atom is -0.470 e. The fourth-order valence-corrected chi connectivity index (χ4v) is 4.05. The lowest BCUT2D eigenvalue weighted by atomic mass is 10.1. The maximum Gasteiger partial charge on any atom is 0.251 e. The zero-order chi connectivity index (χ0) is 20.3. The highest BCUT2D eigenvalue weighted by Gasteiger charge is 2.14. The van der Waals surface area contributed by atoms with E-state index in [4.69, 9.17) is 9.47 Å². The zero-order valence-electron chi connectivity index (χ0n) is 17.1. The Labute approximate surface area is 176 Å². The number of benzene rings is 1. The first-order valence-electron chi connectivity index (χ1n) is 10.2. The third-order valence-corrected chi connectivity index (χ3v) is 5.91. The first-order chi connectivity index (χ1) is 14.3. The zero-order valence-corrected chi connectivity index (χ0v) is 17.9. The van der Waals surface area contributed by atoms with Crippen molar-refractivity contribution in [2.24, 2.45) is 10.2 Å². The molecule has 1 aromatic rings. The molecule has 8 heteroatoms. The highest BCUT2D eigenvalue weighted by atomic mass is 32.2. The monoisotopic (exact) mass is 418 g/mol. The molecule has 1 aromatic carbocycles. The van der Waals surface area contributed by atoms with Gasteiger partial charge in [-0.1, -0.05) is 6.42 Å². The van der Waals surface area contributed by atoms with Crippen molar-refractivity contribution in [2.75, 3.05) is 58.0 Å². The van der Waals surface area contributed by atoms with Crippen molar-refractivity contribution in [1.82, 2.24) is 10.2 Å². The van der Waals surface area contributed by atoms with Crippen LogP contribution in [-0.2, 0) is 9.47 Å².